The van der Waals surface area contributed by atoms with Gasteiger partial charge in [-0.1, -0.05) is 38.1 Å². The fraction of sp³-hybridized carbons (Fsp3) is 0.318. The van der Waals surface area contributed by atoms with Gasteiger partial charge in [-0.15, -0.1) is 5.10 Å². The highest BCUT2D eigenvalue weighted by Gasteiger charge is 2.18. The maximum absolute atomic E-state index is 12.6. The first-order chi connectivity index (χ1) is 14.8. The molecule has 1 N–H and O–H groups in total. The molecule has 3 rings (SSSR count). The van der Waals surface area contributed by atoms with Gasteiger partial charge in [0.15, 0.2) is 11.5 Å². The average Bonchev–Trinajstić information content (AvgIpc) is 3.13. The second-order valence-electron chi connectivity index (χ2n) is 7.15. The summed E-state index contributed by atoms with van der Waals surface area (Å²) in [7, 11) is 1.35. The van der Waals surface area contributed by atoms with Crippen molar-refractivity contribution in [2.24, 2.45) is 0 Å². The predicted octanol–water partition coefficient (Wildman–Crippen LogP) is 4.24. The third-order valence-electron chi connectivity index (χ3n) is 4.66. The molecule has 3 aromatic rings. The van der Waals surface area contributed by atoms with Crippen LogP contribution >= 0.6 is 0 Å². The highest BCUT2D eigenvalue weighted by molar-refractivity contribution is 5.90. The lowest BCUT2D eigenvalue weighted by atomic mass is 10.0. The van der Waals surface area contributed by atoms with E-state index in [1.807, 2.05) is 24.3 Å². The van der Waals surface area contributed by atoms with Gasteiger partial charge in [0.25, 0.3) is 5.91 Å². The number of hydrogen-bond donors (Lipinski definition) is 1. The SMILES string of the molecule is COc1cc(CNC(=O)c2nc(C)n(-c3ccccc3C(C)C)n2)ccc1OC(F)F. The number of ether oxygens (including phenoxy) is 2. The van der Waals surface area contributed by atoms with Gasteiger partial charge in [-0.3, -0.25) is 4.79 Å². The van der Waals surface area contributed by atoms with Gasteiger partial charge in [-0.2, -0.15) is 8.78 Å². The van der Waals surface area contributed by atoms with Gasteiger partial charge in [0, 0.05) is 6.54 Å². The summed E-state index contributed by atoms with van der Waals surface area (Å²) in [6.07, 6.45) is 0. The quantitative estimate of drug-likeness (QED) is 0.578. The van der Waals surface area contributed by atoms with Gasteiger partial charge < -0.3 is 14.8 Å². The van der Waals surface area contributed by atoms with Crippen molar-refractivity contribution >= 4 is 5.91 Å². The number of para-hydroxylation sites is 1. The summed E-state index contributed by atoms with van der Waals surface area (Å²) in [6.45, 7) is 3.15. The third-order valence-corrected chi connectivity index (χ3v) is 4.66. The number of halogens is 2. The molecular formula is C22H24F2N4O3. The Balaban J connectivity index is 1.75. The second kappa shape index (κ2) is 9.55. The minimum atomic E-state index is -2.95. The Morgan fingerprint density at radius 1 is 1.16 bits per heavy atom. The number of rotatable bonds is 8. The van der Waals surface area contributed by atoms with E-state index in [-0.39, 0.29) is 29.8 Å². The molecule has 0 unspecified atom stereocenters. The van der Waals surface area contributed by atoms with E-state index in [0.29, 0.717) is 11.4 Å². The molecule has 0 atom stereocenters. The highest BCUT2D eigenvalue weighted by Crippen LogP contribution is 2.29. The fourth-order valence-corrected chi connectivity index (χ4v) is 3.16. The maximum Gasteiger partial charge on any atom is 0.387 e. The molecular weight excluding hydrogens is 406 g/mol. The number of carbonyl (C=O) groups excluding carboxylic acids is 1. The summed E-state index contributed by atoms with van der Waals surface area (Å²) in [5, 5.41) is 7.12. The van der Waals surface area contributed by atoms with E-state index < -0.39 is 12.5 Å². The minimum absolute atomic E-state index is 0.0423. The summed E-state index contributed by atoms with van der Waals surface area (Å²) < 4.78 is 36.0. The zero-order valence-electron chi connectivity index (χ0n) is 17.7. The largest absolute Gasteiger partial charge is 0.493 e. The lowest BCUT2D eigenvalue weighted by Gasteiger charge is -2.12. The Bertz CT molecular complexity index is 1070. The molecule has 1 amide bonds. The number of carbonyl (C=O) groups is 1. The Labute approximate surface area is 179 Å². The Morgan fingerprint density at radius 2 is 1.90 bits per heavy atom. The summed E-state index contributed by atoms with van der Waals surface area (Å²) in [5.41, 5.74) is 2.62. The third kappa shape index (κ3) is 5.17. The first-order valence-electron chi connectivity index (χ1n) is 9.73. The zero-order valence-corrected chi connectivity index (χ0v) is 17.7. The normalized spacial score (nSPS) is 11.1. The van der Waals surface area contributed by atoms with Crippen LogP contribution < -0.4 is 14.8 Å². The number of methoxy groups -OCH3 is 1. The van der Waals surface area contributed by atoms with Crippen molar-refractivity contribution in [3.63, 3.8) is 0 Å². The number of benzene rings is 2. The van der Waals surface area contributed by atoms with Crippen LogP contribution in [0.15, 0.2) is 42.5 Å². The van der Waals surface area contributed by atoms with Crippen molar-refractivity contribution in [1.82, 2.24) is 20.1 Å². The summed E-state index contributed by atoms with van der Waals surface area (Å²) in [5.74, 6) is 0.539. The van der Waals surface area contributed by atoms with Crippen LogP contribution in [0.1, 0.15) is 47.3 Å². The van der Waals surface area contributed by atoms with Gasteiger partial charge in [-0.05, 0) is 42.2 Å². The van der Waals surface area contributed by atoms with Crippen molar-refractivity contribution in [3.8, 4) is 17.2 Å². The zero-order chi connectivity index (χ0) is 22.5. The van der Waals surface area contributed by atoms with E-state index in [2.05, 4.69) is 34.0 Å². The molecule has 1 heterocycles. The molecule has 0 aliphatic carbocycles. The first kappa shape index (κ1) is 22.2. The van der Waals surface area contributed by atoms with E-state index in [1.165, 1.54) is 19.2 Å². The van der Waals surface area contributed by atoms with Crippen molar-refractivity contribution in [2.75, 3.05) is 7.11 Å². The summed E-state index contributed by atoms with van der Waals surface area (Å²) in [4.78, 5) is 16.9. The standard InChI is InChI=1S/C22H24F2N4O3/c1-13(2)16-7-5-6-8-17(16)28-14(3)26-20(27-28)21(29)25-12-15-9-10-18(31-22(23)24)19(11-15)30-4/h5-11,13,22H,12H2,1-4H3,(H,25,29). The Morgan fingerprint density at radius 3 is 2.58 bits per heavy atom. The molecule has 0 saturated carbocycles. The number of alkyl halides is 2. The van der Waals surface area contributed by atoms with Crippen LogP contribution in [0, 0.1) is 6.92 Å². The van der Waals surface area contributed by atoms with Gasteiger partial charge in [-0.25, -0.2) is 9.67 Å². The van der Waals surface area contributed by atoms with Crippen LogP contribution in [0.5, 0.6) is 11.5 Å². The van der Waals surface area contributed by atoms with Crippen LogP contribution in [0.25, 0.3) is 5.69 Å². The molecule has 7 nitrogen and oxygen atoms in total. The summed E-state index contributed by atoms with van der Waals surface area (Å²) >= 11 is 0. The molecule has 31 heavy (non-hydrogen) atoms. The number of nitrogens with zero attached hydrogens (tertiary/aromatic N) is 3. The maximum atomic E-state index is 12.6. The number of aryl methyl sites for hydroxylation is 1. The lowest BCUT2D eigenvalue weighted by Crippen LogP contribution is -2.24. The van der Waals surface area contributed by atoms with E-state index in [1.54, 1.807) is 17.7 Å². The Kier molecular flexibility index (Phi) is 6.84. The van der Waals surface area contributed by atoms with E-state index in [4.69, 9.17) is 4.74 Å². The van der Waals surface area contributed by atoms with Gasteiger partial charge in [0.2, 0.25) is 5.82 Å². The van der Waals surface area contributed by atoms with Crippen LogP contribution in [0.4, 0.5) is 8.78 Å². The van der Waals surface area contributed by atoms with Crippen molar-refractivity contribution in [3.05, 3.63) is 65.2 Å². The number of aromatic nitrogens is 3. The fourth-order valence-electron chi connectivity index (χ4n) is 3.16. The molecule has 164 valence electrons. The van der Waals surface area contributed by atoms with Crippen LogP contribution in [-0.4, -0.2) is 34.4 Å². The minimum Gasteiger partial charge on any atom is -0.493 e. The molecule has 0 spiro atoms. The monoisotopic (exact) mass is 430 g/mol. The molecule has 0 bridgehead atoms. The van der Waals surface area contributed by atoms with Crippen molar-refractivity contribution in [1.29, 1.82) is 0 Å². The van der Waals surface area contributed by atoms with Crippen LogP contribution in [0.2, 0.25) is 0 Å². The topological polar surface area (TPSA) is 78.3 Å². The smallest absolute Gasteiger partial charge is 0.387 e. The number of amides is 1. The molecule has 9 heteroatoms. The first-order valence-corrected chi connectivity index (χ1v) is 9.73. The van der Waals surface area contributed by atoms with Gasteiger partial charge in [0.1, 0.15) is 5.82 Å². The molecule has 0 aliphatic rings. The molecule has 0 saturated heterocycles. The number of nitrogens with one attached hydrogen (secondary N) is 1. The van der Waals surface area contributed by atoms with E-state index >= 15 is 0 Å². The van der Waals surface area contributed by atoms with Crippen LogP contribution in [-0.2, 0) is 6.54 Å². The average molecular weight is 430 g/mol. The summed E-state index contributed by atoms with van der Waals surface area (Å²) in [6, 6.07) is 12.3. The lowest BCUT2D eigenvalue weighted by molar-refractivity contribution is -0.0512. The molecule has 0 fully saturated rings. The molecule has 0 radical (unpaired) electrons. The van der Waals surface area contributed by atoms with Crippen molar-refractivity contribution in [2.45, 2.75) is 39.8 Å². The molecule has 0 aliphatic heterocycles. The Hall–Kier alpha value is -3.49. The van der Waals surface area contributed by atoms with E-state index in [0.717, 1.165) is 11.3 Å². The molecule has 1 aromatic heterocycles. The van der Waals surface area contributed by atoms with E-state index in [9.17, 15) is 13.6 Å². The molecule has 2 aromatic carbocycles. The second-order valence-corrected chi connectivity index (χ2v) is 7.15. The van der Waals surface area contributed by atoms with Crippen LogP contribution in [0.3, 0.4) is 0 Å². The van der Waals surface area contributed by atoms with Crippen molar-refractivity contribution < 1.29 is 23.0 Å². The number of hydrogen-bond acceptors (Lipinski definition) is 5. The highest BCUT2D eigenvalue weighted by atomic mass is 19.3. The predicted molar refractivity (Wildman–Crippen MR) is 111 cm³/mol. The van der Waals surface area contributed by atoms with Gasteiger partial charge in [0.05, 0.1) is 12.8 Å². The van der Waals surface area contributed by atoms with Gasteiger partial charge >= 0.3 is 6.61 Å².